The van der Waals surface area contributed by atoms with Crippen LogP contribution in [0.15, 0.2) is 6.20 Å². The Morgan fingerprint density at radius 1 is 1.30 bits per heavy atom. The fourth-order valence-corrected chi connectivity index (χ4v) is 1.55. The van der Waals surface area contributed by atoms with Crippen molar-refractivity contribution in [3.63, 3.8) is 0 Å². The molecule has 1 rings (SSSR count). The lowest BCUT2D eigenvalue weighted by molar-refractivity contribution is -0.132. The van der Waals surface area contributed by atoms with Crippen molar-refractivity contribution >= 4 is 11.9 Å². The number of hydrogen-bond acceptors (Lipinski definition) is 6. The number of methoxy groups -OCH3 is 1. The van der Waals surface area contributed by atoms with E-state index in [1.54, 1.807) is 6.92 Å². The van der Waals surface area contributed by atoms with Crippen LogP contribution < -0.4 is 9.47 Å². The van der Waals surface area contributed by atoms with Crippen molar-refractivity contribution in [1.29, 1.82) is 0 Å². The summed E-state index contributed by atoms with van der Waals surface area (Å²) >= 11 is 0. The van der Waals surface area contributed by atoms with Crippen LogP contribution >= 0.6 is 0 Å². The van der Waals surface area contributed by atoms with E-state index < -0.39 is 11.9 Å². The lowest BCUT2D eigenvalue weighted by atomic mass is 10.2. The van der Waals surface area contributed by atoms with E-state index in [1.807, 2.05) is 6.92 Å². The molecule has 1 aromatic rings. The number of aryl methyl sites for hydroxylation is 1. The van der Waals surface area contributed by atoms with Crippen LogP contribution in [-0.4, -0.2) is 30.6 Å². The van der Waals surface area contributed by atoms with Gasteiger partial charge in [-0.25, -0.2) is 4.79 Å². The summed E-state index contributed by atoms with van der Waals surface area (Å²) in [5, 5.41) is 0. The number of pyridine rings is 1. The molecular formula is C14H19NO5. The summed E-state index contributed by atoms with van der Waals surface area (Å²) in [6, 6.07) is 0. The van der Waals surface area contributed by atoms with Gasteiger partial charge in [0.25, 0.3) is 0 Å². The van der Waals surface area contributed by atoms with Gasteiger partial charge in [0, 0.05) is 13.1 Å². The number of esters is 2. The van der Waals surface area contributed by atoms with E-state index in [1.165, 1.54) is 20.2 Å². The zero-order chi connectivity index (χ0) is 15.1. The molecule has 0 atom stereocenters. The lowest BCUT2D eigenvalue weighted by Crippen LogP contribution is -2.13. The summed E-state index contributed by atoms with van der Waals surface area (Å²) in [4.78, 5) is 27.0. The summed E-state index contributed by atoms with van der Waals surface area (Å²) in [6.45, 7) is 5.46. The molecule has 0 aliphatic carbocycles. The Morgan fingerprint density at radius 3 is 2.55 bits per heavy atom. The van der Waals surface area contributed by atoms with Gasteiger partial charge in [-0.2, -0.15) is 0 Å². The van der Waals surface area contributed by atoms with Crippen molar-refractivity contribution in [2.24, 2.45) is 0 Å². The smallest absolute Gasteiger partial charge is 0.343 e. The molecule has 1 heterocycles. The van der Waals surface area contributed by atoms with Gasteiger partial charge < -0.3 is 14.2 Å². The van der Waals surface area contributed by atoms with Gasteiger partial charge in [0.1, 0.15) is 5.56 Å². The van der Waals surface area contributed by atoms with Gasteiger partial charge in [-0.1, -0.05) is 13.3 Å². The molecule has 0 radical (unpaired) electrons. The Hall–Kier alpha value is -2.11. The average molecular weight is 281 g/mol. The molecule has 0 amide bonds. The van der Waals surface area contributed by atoms with Crippen LogP contribution in [0.5, 0.6) is 11.5 Å². The number of carbonyl (C=O) groups is 2. The van der Waals surface area contributed by atoms with Crippen molar-refractivity contribution in [3.05, 3.63) is 17.5 Å². The summed E-state index contributed by atoms with van der Waals surface area (Å²) in [5.74, 6) is -0.806. The lowest BCUT2D eigenvalue weighted by Gasteiger charge is -2.15. The van der Waals surface area contributed by atoms with Gasteiger partial charge in [0.15, 0.2) is 11.5 Å². The zero-order valence-corrected chi connectivity index (χ0v) is 12.2. The topological polar surface area (TPSA) is 74.7 Å². The van der Waals surface area contributed by atoms with Crippen LogP contribution in [0.1, 0.15) is 42.7 Å². The molecule has 1 aromatic heterocycles. The Labute approximate surface area is 118 Å². The molecular weight excluding hydrogens is 262 g/mol. The third kappa shape index (κ3) is 3.94. The summed E-state index contributed by atoms with van der Waals surface area (Å²) in [5.41, 5.74) is 0.616. The second kappa shape index (κ2) is 7.47. The first-order chi connectivity index (χ1) is 9.51. The average Bonchev–Trinajstić information content (AvgIpc) is 2.41. The Morgan fingerprint density at radius 2 is 2.00 bits per heavy atom. The number of ether oxygens (including phenoxy) is 3. The first-order valence-electron chi connectivity index (χ1n) is 6.40. The highest BCUT2D eigenvalue weighted by atomic mass is 16.6. The first-order valence-corrected chi connectivity index (χ1v) is 6.40. The molecule has 0 bridgehead atoms. The molecule has 0 aromatic carbocycles. The molecule has 6 heteroatoms. The van der Waals surface area contributed by atoms with Crippen molar-refractivity contribution in [2.45, 2.75) is 33.6 Å². The maximum absolute atomic E-state index is 11.7. The Bertz CT molecular complexity index is 499. The second-order valence-corrected chi connectivity index (χ2v) is 4.20. The van der Waals surface area contributed by atoms with Crippen LogP contribution in [0.4, 0.5) is 0 Å². The predicted octanol–water partition coefficient (Wildman–Crippen LogP) is 2.28. The molecule has 0 saturated carbocycles. The van der Waals surface area contributed by atoms with E-state index in [0.29, 0.717) is 18.1 Å². The highest BCUT2D eigenvalue weighted by molar-refractivity contribution is 5.94. The molecule has 0 saturated heterocycles. The van der Waals surface area contributed by atoms with Crippen LogP contribution in [0.3, 0.4) is 0 Å². The van der Waals surface area contributed by atoms with Gasteiger partial charge >= 0.3 is 11.9 Å². The molecule has 0 aliphatic heterocycles. The standard InChI is InChI=1S/C14H19NO5/c1-5-6-7-19-12-9(2)15-8-11(14(17)18-4)13(12)20-10(3)16/h8H,5-7H2,1-4H3. The number of nitrogens with zero attached hydrogens (tertiary/aromatic N) is 1. The highest BCUT2D eigenvalue weighted by Crippen LogP contribution is 2.34. The third-order valence-electron chi connectivity index (χ3n) is 2.56. The van der Waals surface area contributed by atoms with Crippen molar-refractivity contribution in [1.82, 2.24) is 4.98 Å². The van der Waals surface area contributed by atoms with E-state index in [9.17, 15) is 9.59 Å². The zero-order valence-electron chi connectivity index (χ0n) is 12.2. The molecule has 20 heavy (non-hydrogen) atoms. The molecule has 0 unspecified atom stereocenters. The van der Waals surface area contributed by atoms with E-state index >= 15 is 0 Å². The fourth-order valence-electron chi connectivity index (χ4n) is 1.55. The third-order valence-corrected chi connectivity index (χ3v) is 2.56. The van der Waals surface area contributed by atoms with Gasteiger partial charge in [0.05, 0.1) is 19.4 Å². The molecule has 0 fully saturated rings. The number of unbranched alkanes of at least 4 members (excludes halogenated alkanes) is 1. The van der Waals surface area contributed by atoms with Crippen LogP contribution in [0, 0.1) is 6.92 Å². The molecule has 6 nitrogen and oxygen atoms in total. The maximum Gasteiger partial charge on any atom is 0.343 e. The van der Waals surface area contributed by atoms with Gasteiger partial charge in [-0.15, -0.1) is 0 Å². The Balaban J connectivity index is 3.22. The number of rotatable bonds is 6. The van der Waals surface area contributed by atoms with E-state index in [4.69, 9.17) is 9.47 Å². The van der Waals surface area contributed by atoms with E-state index in [-0.39, 0.29) is 11.3 Å². The molecule has 0 N–H and O–H groups in total. The van der Waals surface area contributed by atoms with Crippen molar-refractivity contribution < 1.29 is 23.8 Å². The first kappa shape index (κ1) is 15.9. The summed E-state index contributed by atoms with van der Waals surface area (Å²) < 4.78 is 15.4. The SMILES string of the molecule is CCCCOc1c(C)ncc(C(=O)OC)c1OC(C)=O. The van der Waals surface area contributed by atoms with E-state index in [0.717, 1.165) is 12.8 Å². The quantitative estimate of drug-likeness (QED) is 0.588. The monoisotopic (exact) mass is 281 g/mol. The minimum absolute atomic E-state index is 0.0629. The minimum Gasteiger partial charge on any atom is -0.488 e. The number of aromatic nitrogens is 1. The Kier molecular flexibility index (Phi) is 5.96. The fraction of sp³-hybridized carbons (Fsp3) is 0.500. The number of carbonyl (C=O) groups excluding carboxylic acids is 2. The largest absolute Gasteiger partial charge is 0.488 e. The van der Waals surface area contributed by atoms with Gasteiger partial charge in [0.2, 0.25) is 0 Å². The highest BCUT2D eigenvalue weighted by Gasteiger charge is 2.22. The predicted molar refractivity (Wildman–Crippen MR) is 72.0 cm³/mol. The van der Waals surface area contributed by atoms with Gasteiger partial charge in [-0.3, -0.25) is 9.78 Å². The molecule has 0 aliphatic rings. The molecule has 110 valence electrons. The minimum atomic E-state index is -0.630. The van der Waals surface area contributed by atoms with Crippen LogP contribution in [0.2, 0.25) is 0 Å². The normalized spacial score (nSPS) is 10.0. The number of hydrogen-bond donors (Lipinski definition) is 0. The van der Waals surface area contributed by atoms with Crippen molar-refractivity contribution in [2.75, 3.05) is 13.7 Å². The maximum atomic E-state index is 11.7. The molecule has 0 spiro atoms. The second-order valence-electron chi connectivity index (χ2n) is 4.20. The van der Waals surface area contributed by atoms with Crippen LogP contribution in [-0.2, 0) is 9.53 Å². The van der Waals surface area contributed by atoms with Crippen molar-refractivity contribution in [3.8, 4) is 11.5 Å². The summed E-state index contributed by atoms with van der Waals surface area (Å²) in [6.07, 6.45) is 3.12. The summed E-state index contributed by atoms with van der Waals surface area (Å²) in [7, 11) is 1.25. The van der Waals surface area contributed by atoms with E-state index in [2.05, 4.69) is 9.72 Å². The van der Waals surface area contributed by atoms with Gasteiger partial charge in [-0.05, 0) is 13.3 Å². The van der Waals surface area contributed by atoms with Crippen LogP contribution in [0.25, 0.3) is 0 Å².